The molecule has 0 aliphatic carbocycles. The zero-order valence-corrected chi connectivity index (χ0v) is 13.4. The number of nitrogens with zero attached hydrogens (tertiary/aromatic N) is 3. The van der Waals surface area contributed by atoms with Crippen molar-refractivity contribution in [3.63, 3.8) is 0 Å². The van der Waals surface area contributed by atoms with Crippen molar-refractivity contribution in [1.82, 2.24) is 15.1 Å². The number of aromatic nitrogens is 2. The Balaban J connectivity index is 1.78. The summed E-state index contributed by atoms with van der Waals surface area (Å²) in [6.07, 6.45) is 0.724. The second-order valence-corrected chi connectivity index (χ2v) is 6.11. The van der Waals surface area contributed by atoms with Gasteiger partial charge in [-0.15, -0.1) is 10.2 Å². The van der Waals surface area contributed by atoms with Gasteiger partial charge >= 0.3 is 0 Å². The third-order valence-electron chi connectivity index (χ3n) is 3.59. The van der Waals surface area contributed by atoms with Crippen LogP contribution in [0.5, 0.6) is 0 Å². The van der Waals surface area contributed by atoms with Crippen LogP contribution in [0, 0.1) is 0 Å². The zero-order chi connectivity index (χ0) is 16.6. The number of hydrogen-bond donors (Lipinski definition) is 1. The summed E-state index contributed by atoms with van der Waals surface area (Å²) in [4.78, 5) is 38.0. The highest BCUT2D eigenvalue weighted by atomic mass is 32.1. The van der Waals surface area contributed by atoms with Crippen LogP contribution in [0.4, 0.5) is 5.13 Å². The molecule has 1 aromatic heterocycles. The van der Waals surface area contributed by atoms with E-state index in [9.17, 15) is 14.4 Å². The quantitative estimate of drug-likeness (QED) is 0.862. The average Bonchev–Trinajstić information content (AvgIpc) is 3.11. The van der Waals surface area contributed by atoms with E-state index in [0.717, 1.165) is 16.3 Å². The van der Waals surface area contributed by atoms with E-state index in [-0.39, 0.29) is 0 Å². The molecule has 7 nitrogen and oxygen atoms in total. The molecule has 118 valence electrons. The standard InChI is InChI=1S/C15H14N4O3S/c1-3-11-17-18-15(23-11)16-12(20)8(2)19-13(21)9-6-4-5-7-10(9)14(19)22/h4-8H,3H2,1-2H3,(H,16,18,20)/t8-/m1/s1. The Labute approximate surface area is 136 Å². The van der Waals surface area contributed by atoms with Gasteiger partial charge in [0, 0.05) is 0 Å². The predicted octanol–water partition coefficient (Wildman–Crippen LogP) is 1.72. The largest absolute Gasteiger partial charge is 0.299 e. The molecule has 0 radical (unpaired) electrons. The molecule has 2 heterocycles. The summed E-state index contributed by atoms with van der Waals surface area (Å²) >= 11 is 1.27. The van der Waals surface area contributed by atoms with Crippen molar-refractivity contribution in [3.8, 4) is 0 Å². The van der Waals surface area contributed by atoms with E-state index in [1.54, 1.807) is 24.3 Å². The molecule has 2 aromatic rings. The Bertz CT molecular complexity index is 767. The second-order valence-electron chi connectivity index (χ2n) is 5.05. The summed E-state index contributed by atoms with van der Waals surface area (Å²) < 4.78 is 0. The minimum absolute atomic E-state index is 0.321. The molecule has 8 heteroatoms. The SMILES string of the molecule is CCc1nnc(NC(=O)[C@@H](C)N2C(=O)c3ccccc3C2=O)s1. The van der Waals surface area contributed by atoms with Crippen LogP contribution < -0.4 is 5.32 Å². The van der Waals surface area contributed by atoms with Crippen LogP contribution in [0.2, 0.25) is 0 Å². The van der Waals surface area contributed by atoms with Crippen molar-refractivity contribution in [1.29, 1.82) is 0 Å². The highest BCUT2D eigenvalue weighted by molar-refractivity contribution is 7.15. The summed E-state index contributed by atoms with van der Waals surface area (Å²) in [5.74, 6) is -1.39. The van der Waals surface area contributed by atoms with Crippen molar-refractivity contribution in [3.05, 3.63) is 40.4 Å². The first-order valence-electron chi connectivity index (χ1n) is 7.13. The highest BCUT2D eigenvalue weighted by Gasteiger charge is 2.40. The Morgan fingerprint density at radius 2 is 1.83 bits per heavy atom. The van der Waals surface area contributed by atoms with Gasteiger partial charge in [0.05, 0.1) is 11.1 Å². The first-order chi connectivity index (χ1) is 11.0. The fourth-order valence-electron chi connectivity index (χ4n) is 2.33. The number of imide groups is 1. The number of carbonyl (C=O) groups is 3. The lowest BCUT2D eigenvalue weighted by molar-refractivity contribution is -0.119. The Kier molecular flexibility index (Phi) is 3.91. The van der Waals surface area contributed by atoms with Crippen LogP contribution in [0.1, 0.15) is 39.6 Å². The molecule has 0 unspecified atom stereocenters. The molecule has 0 bridgehead atoms. The number of fused-ring (bicyclic) bond motifs is 1. The Morgan fingerprint density at radius 1 is 1.22 bits per heavy atom. The summed E-state index contributed by atoms with van der Waals surface area (Å²) in [7, 11) is 0. The van der Waals surface area contributed by atoms with E-state index in [1.165, 1.54) is 18.3 Å². The fraction of sp³-hybridized carbons (Fsp3) is 0.267. The van der Waals surface area contributed by atoms with E-state index in [4.69, 9.17) is 0 Å². The van der Waals surface area contributed by atoms with E-state index in [2.05, 4.69) is 15.5 Å². The van der Waals surface area contributed by atoms with Gasteiger partial charge in [-0.2, -0.15) is 0 Å². The highest BCUT2D eigenvalue weighted by Crippen LogP contribution is 2.25. The van der Waals surface area contributed by atoms with Crippen molar-refractivity contribution in [2.75, 3.05) is 5.32 Å². The van der Waals surface area contributed by atoms with Gasteiger partial charge in [-0.3, -0.25) is 24.6 Å². The maximum atomic E-state index is 12.4. The molecule has 1 aliphatic rings. The second kappa shape index (κ2) is 5.88. The number of rotatable bonds is 4. The molecular weight excluding hydrogens is 316 g/mol. The molecule has 1 aliphatic heterocycles. The third kappa shape index (κ3) is 2.61. The minimum Gasteiger partial charge on any atom is -0.299 e. The van der Waals surface area contributed by atoms with Crippen LogP contribution >= 0.6 is 11.3 Å². The first kappa shape index (κ1) is 15.3. The van der Waals surface area contributed by atoms with Crippen LogP contribution in [0.3, 0.4) is 0 Å². The van der Waals surface area contributed by atoms with Gasteiger partial charge in [-0.1, -0.05) is 30.4 Å². The van der Waals surface area contributed by atoms with E-state index in [0.29, 0.717) is 16.3 Å². The van der Waals surface area contributed by atoms with Gasteiger partial charge in [0.1, 0.15) is 11.0 Å². The van der Waals surface area contributed by atoms with Crippen LogP contribution in [-0.2, 0) is 11.2 Å². The summed E-state index contributed by atoms with van der Waals surface area (Å²) in [6, 6.07) is 5.60. The topological polar surface area (TPSA) is 92.3 Å². The number of amides is 3. The average molecular weight is 330 g/mol. The number of carbonyl (C=O) groups excluding carboxylic acids is 3. The minimum atomic E-state index is -0.934. The smallest absolute Gasteiger partial charge is 0.262 e. The van der Waals surface area contributed by atoms with E-state index in [1.807, 2.05) is 6.92 Å². The fourth-order valence-corrected chi connectivity index (χ4v) is 3.02. The van der Waals surface area contributed by atoms with E-state index < -0.39 is 23.8 Å². The van der Waals surface area contributed by atoms with Gasteiger partial charge in [0.15, 0.2) is 0 Å². The third-order valence-corrected chi connectivity index (χ3v) is 4.57. The van der Waals surface area contributed by atoms with Crippen LogP contribution in [-0.4, -0.2) is 38.9 Å². The molecular formula is C15H14N4O3S. The molecule has 3 rings (SSSR count). The van der Waals surface area contributed by atoms with Crippen molar-refractivity contribution < 1.29 is 14.4 Å². The van der Waals surface area contributed by atoms with Gasteiger partial charge in [0.25, 0.3) is 11.8 Å². The Morgan fingerprint density at radius 3 is 2.35 bits per heavy atom. The number of aryl methyl sites for hydroxylation is 1. The molecule has 1 N–H and O–H groups in total. The molecule has 23 heavy (non-hydrogen) atoms. The summed E-state index contributed by atoms with van der Waals surface area (Å²) in [6.45, 7) is 3.45. The van der Waals surface area contributed by atoms with Gasteiger partial charge < -0.3 is 0 Å². The predicted molar refractivity (Wildman–Crippen MR) is 84.3 cm³/mol. The lowest BCUT2D eigenvalue weighted by atomic mass is 10.1. The lowest BCUT2D eigenvalue weighted by Gasteiger charge is -2.20. The van der Waals surface area contributed by atoms with Gasteiger partial charge in [-0.05, 0) is 25.5 Å². The number of anilines is 1. The molecule has 3 amide bonds. The summed E-state index contributed by atoms with van der Waals surface area (Å²) in [5, 5.41) is 11.5. The molecule has 0 fully saturated rings. The van der Waals surface area contributed by atoms with Gasteiger partial charge in [-0.25, -0.2) is 0 Å². The zero-order valence-electron chi connectivity index (χ0n) is 12.6. The molecule has 1 aromatic carbocycles. The van der Waals surface area contributed by atoms with Crippen molar-refractivity contribution in [2.24, 2.45) is 0 Å². The molecule has 0 saturated carbocycles. The summed E-state index contributed by atoms with van der Waals surface area (Å²) in [5.41, 5.74) is 0.641. The first-order valence-corrected chi connectivity index (χ1v) is 7.94. The molecule has 1 atom stereocenters. The maximum Gasteiger partial charge on any atom is 0.262 e. The van der Waals surface area contributed by atoms with Crippen molar-refractivity contribution in [2.45, 2.75) is 26.3 Å². The van der Waals surface area contributed by atoms with Crippen LogP contribution in [0.15, 0.2) is 24.3 Å². The maximum absolute atomic E-state index is 12.4. The van der Waals surface area contributed by atoms with Gasteiger partial charge in [0.2, 0.25) is 11.0 Å². The Hall–Kier alpha value is -2.61. The molecule has 0 saturated heterocycles. The number of hydrogen-bond acceptors (Lipinski definition) is 6. The molecule has 0 spiro atoms. The van der Waals surface area contributed by atoms with Crippen molar-refractivity contribution >= 4 is 34.2 Å². The van der Waals surface area contributed by atoms with Crippen LogP contribution in [0.25, 0.3) is 0 Å². The monoisotopic (exact) mass is 330 g/mol. The number of benzene rings is 1. The number of nitrogens with one attached hydrogen (secondary N) is 1. The normalized spacial score (nSPS) is 14.8. The van der Waals surface area contributed by atoms with E-state index >= 15 is 0 Å². The lowest BCUT2D eigenvalue weighted by Crippen LogP contribution is -2.45.